The van der Waals surface area contributed by atoms with Crippen LogP contribution in [0.3, 0.4) is 0 Å². The number of rotatable bonds is 2. The molecule has 3 aliphatic rings. The van der Waals surface area contributed by atoms with Gasteiger partial charge >= 0.3 is 6.18 Å². The SMILES string of the molecule is CN1CN=C2C1=CN(CC1CC(O)(C(F)(F)F)C1)CN2C. The monoisotopic (exact) mass is 304 g/mol. The van der Waals surface area contributed by atoms with Crippen LogP contribution in [0.4, 0.5) is 13.2 Å². The predicted octanol–water partition coefficient (Wildman–Crippen LogP) is 1.04. The second-order valence-corrected chi connectivity index (χ2v) is 6.25. The molecule has 1 saturated carbocycles. The van der Waals surface area contributed by atoms with Crippen molar-refractivity contribution >= 4 is 5.84 Å². The fourth-order valence-corrected chi connectivity index (χ4v) is 3.22. The molecule has 1 fully saturated rings. The minimum atomic E-state index is -4.52. The average Bonchev–Trinajstić information content (AvgIpc) is 2.68. The molecule has 0 atom stereocenters. The maximum Gasteiger partial charge on any atom is 0.417 e. The third kappa shape index (κ3) is 2.35. The molecule has 0 unspecified atom stereocenters. The van der Waals surface area contributed by atoms with Gasteiger partial charge in [-0.2, -0.15) is 13.2 Å². The summed E-state index contributed by atoms with van der Waals surface area (Å²) in [6.07, 6.45) is -2.99. The summed E-state index contributed by atoms with van der Waals surface area (Å²) in [5.41, 5.74) is -1.49. The summed E-state index contributed by atoms with van der Waals surface area (Å²) in [5.74, 6) is 0.793. The van der Waals surface area contributed by atoms with Gasteiger partial charge in [0.1, 0.15) is 6.67 Å². The molecule has 118 valence electrons. The van der Waals surface area contributed by atoms with Crippen LogP contribution in [0.15, 0.2) is 16.9 Å². The molecule has 21 heavy (non-hydrogen) atoms. The molecule has 8 heteroatoms. The van der Waals surface area contributed by atoms with E-state index >= 15 is 0 Å². The van der Waals surface area contributed by atoms with Crippen molar-refractivity contribution in [2.45, 2.75) is 24.6 Å². The Morgan fingerprint density at radius 1 is 1.33 bits per heavy atom. The molecule has 5 nitrogen and oxygen atoms in total. The quantitative estimate of drug-likeness (QED) is 0.828. The van der Waals surface area contributed by atoms with E-state index in [1.54, 1.807) is 0 Å². The zero-order valence-corrected chi connectivity index (χ0v) is 12.1. The maximum atomic E-state index is 12.6. The van der Waals surface area contributed by atoms with Crippen LogP contribution < -0.4 is 0 Å². The molecule has 1 N–H and O–H groups in total. The molecule has 0 aromatic carbocycles. The van der Waals surface area contributed by atoms with E-state index in [4.69, 9.17) is 0 Å². The van der Waals surface area contributed by atoms with Gasteiger partial charge in [-0.05, 0) is 18.8 Å². The minimum absolute atomic E-state index is 0.132. The molecule has 1 aliphatic carbocycles. The molecule has 2 heterocycles. The molecule has 0 bridgehead atoms. The fraction of sp³-hybridized carbons (Fsp3) is 0.769. The second kappa shape index (κ2) is 4.53. The summed E-state index contributed by atoms with van der Waals surface area (Å²) in [6.45, 7) is 1.74. The summed E-state index contributed by atoms with van der Waals surface area (Å²) in [4.78, 5) is 10.4. The third-order valence-corrected chi connectivity index (χ3v) is 4.41. The summed E-state index contributed by atoms with van der Waals surface area (Å²) >= 11 is 0. The Labute approximate surface area is 121 Å². The summed E-state index contributed by atoms with van der Waals surface area (Å²) in [6, 6.07) is 0. The number of alkyl halides is 3. The number of aliphatic hydroxyl groups is 1. The van der Waals surface area contributed by atoms with Crippen LogP contribution in [0, 0.1) is 5.92 Å². The van der Waals surface area contributed by atoms with Gasteiger partial charge in [0.15, 0.2) is 11.4 Å². The highest BCUT2D eigenvalue weighted by molar-refractivity contribution is 5.99. The Morgan fingerprint density at radius 3 is 2.62 bits per heavy atom. The number of aliphatic imine (C=N–C) groups is 1. The number of likely N-dealkylation sites (N-methyl/N-ethyl adjacent to an activating group) is 2. The van der Waals surface area contributed by atoms with E-state index in [0.717, 1.165) is 11.5 Å². The van der Waals surface area contributed by atoms with Crippen LogP contribution in [0.25, 0.3) is 0 Å². The number of hydrogen-bond donors (Lipinski definition) is 1. The highest BCUT2D eigenvalue weighted by Crippen LogP contribution is 2.48. The largest absolute Gasteiger partial charge is 0.417 e. The second-order valence-electron chi connectivity index (χ2n) is 6.25. The van der Waals surface area contributed by atoms with E-state index in [1.165, 1.54) is 0 Å². The van der Waals surface area contributed by atoms with Crippen molar-refractivity contribution in [2.75, 3.05) is 34.0 Å². The summed E-state index contributed by atoms with van der Waals surface area (Å²) in [5, 5.41) is 9.49. The predicted molar refractivity (Wildman–Crippen MR) is 71.2 cm³/mol. The van der Waals surface area contributed by atoms with E-state index in [1.807, 2.05) is 35.0 Å². The van der Waals surface area contributed by atoms with Crippen LogP contribution >= 0.6 is 0 Å². The van der Waals surface area contributed by atoms with Crippen molar-refractivity contribution in [1.29, 1.82) is 0 Å². The first-order chi connectivity index (χ1) is 9.69. The van der Waals surface area contributed by atoms with Gasteiger partial charge in [0.25, 0.3) is 0 Å². The average molecular weight is 304 g/mol. The molecule has 2 aliphatic heterocycles. The van der Waals surface area contributed by atoms with E-state index < -0.39 is 11.8 Å². The first-order valence-corrected chi connectivity index (χ1v) is 6.92. The topological polar surface area (TPSA) is 42.3 Å². The summed E-state index contributed by atoms with van der Waals surface area (Å²) in [7, 11) is 3.86. The van der Waals surface area contributed by atoms with Crippen molar-refractivity contribution in [3.8, 4) is 0 Å². The highest BCUT2D eigenvalue weighted by Gasteiger charge is 2.61. The molecule has 3 rings (SSSR count). The van der Waals surface area contributed by atoms with Crippen molar-refractivity contribution in [3.05, 3.63) is 11.9 Å². The molecular formula is C13H19F3N4O. The standard InChI is InChI=1S/C13H19F3N4O/c1-18-7-17-11-10(18)6-20(8-19(11)2)5-9-3-12(21,4-9)13(14,15)16/h6,9,21H,3-5,7-8H2,1-2H3. The molecule has 0 saturated heterocycles. The lowest BCUT2D eigenvalue weighted by atomic mass is 9.70. The van der Waals surface area contributed by atoms with Gasteiger partial charge in [0.05, 0.1) is 12.4 Å². The normalized spacial score (nSPS) is 32.7. The minimum Gasteiger partial charge on any atom is -0.380 e. The Balaban J connectivity index is 1.62. The van der Waals surface area contributed by atoms with Gasteiger partial charge in [0, 0.05) is 26.8 Å². The fourth-order valence-electron chi connectivity index (χ4n) is 3.22. The van der Waals surface area contributed by atoms with Crippen LogP contribution in [-0.2, 0) is 0 Å². The van der Waals surface area contributed by atoms with Crippen LogP contribution in [-0.4, -0.2) is 71.4 Å². The molecule has 0 amide bonds. The number of amidine groups is 1. The molecular weight excluding hydrogens is 285 g/mol. The van der Waals surface area contributed by atoms with E-state index in [9.17, 15) is 18.3 Å². The first kappa shape index (κ1) is 14.5. The van der Waals surface area contributed by atoms with Crippen molar-refractivity contribution in [2.24, 2.45) is 10.9 Å². The Bertz CT molecular complexity index is 496. The number of hydrogen-bond acceptors (Lipinski definition) is 5. The van der Waals surface area contributed by atoms with Crippen LogP contribution in [0.5, 0.6) is 0 Å². The highest BCUT2D eigenvalue weighted by atomic mass is 19.4. The van der Waals surface area contributed by atoms with E-state index in [-0.39, 0.29) is 18.8 Å². The summed E-state index contributed by atoms with van der Waals surface area (Å²) < 4.78 is 37.9. The van der Waals surface area contributed by atoms with Gasteiger partial charge in [-0.15, -0.1) is 0 Å². The molecule has 0 aromatic rings. The Morgan fingerprint density at radius 2 is 2.00 bits per heavy atom. The van der Waals surface area contributed by atoms with Gasteiger partial charge in [-0.3, -0.25) is 0 Å². The van der Waals surface area contributed by atoms with Gasteiger partial charge < -0.3 is 19.8 Å². The number of nitrogens with zero attached hydrogens (tertiary/aromatic N) is 4. The maximum absolute atomic E-state index is 12.6. The lowest BCUT2D eigenvalue weighted by Crippen LogP contribution is -2.57. The lowest BCUT2D eigenvalue weighted by molar-refractivity contribution is -0.299. The Hall–Kier alpha value is -1.44. The van der Waals surface area contributed by atoms with Crippen LogP contribution in [0.1, 0.15) is 12.8 Å². The van der Waals surface area contributed by atoms with Gasteiger partial charge in [0.2, 0.25) is 0 Å². The zero-order chi connectivity index (χ0) is 15.4. The smallest absolute Gasteiger partial charge is 0.380 e. The van der Waals surface area contributed by atoms with Crippen molar-refractivity contribution in [1.82, 2.24) is 14.7 Å². The number of halogens is 3. The molecule has 0 radical (unpaired) electrons. The van der Waals surface area contributed by atoms with Gasteiger partial charge in [-0.25, -0.2) is 4.99 Å². The van der Waals surface area contributed by atoms with E-state index in [0.29, 0.717) is 19.9 Å². The van der Waals surface area contributed by atoms with Gasteiger partial charge in [-0.1, -0.05) is 0 Å². The molecule has 0 aromatic heterocycles. The van der Waals surface area contributed by atoms with Crippen LogP contribution in [0.2, 0.25) is 0 Å². The number of fused-ring (bicyclic) bond motifs is 1. The Kier molecular flexibility index (Phi) is 3.12. The first-order valence-electron chi connectivity index (χ1n) is 6.92. The van der Waals surface area contributed by atoms with Crippen molar-refractivity contribution in [3.63, 3.8) is 0 Å². The third-order valence-electron chi connectivity index (χ3n) is 4.41. The zero-order valence-electron chi connectivity index (χ0n) is 12.1. The lowest BCUT2D eigenvalue weighted by Gasteiger charge is -2.47. The van der Waals surface area contributed by atoms with Crippen molar-refractivity contribution < 1.29 is 18.3 Å². The van der Waals surface area contributed by atoms with E-state index in [2.05, 4.69) is 4.99 Å². The molecule has 0 spiro atoms.